The largest absolute Gasteiger partial charge is 0.382 e. The number of rotatable bonds is 3. The second kappa shape index (κ2) is 11.6. The van der Waals surface area contributed by atoms with Gasteiger partial charge < -0.3 is 15.6 Å². The van der Waals surface area contributed by atoms with Gasteiger partial charge in [-0.2, -0.15) is 0 Å². The van der Waals surface area contributed by atoms with Gasteiger partial charge in [0.25, 0.3) is 0 Å². The number of aliphatic hydroxyl groups is 1. The number of hydrogen-bond donors (Lipinski definition) is 2. The summed E-state index contributed by atoms with van der Waals surface area (Å²) in [4.78, 5) is 0. The Kier molecular flexibility index (Phi) is 14.6. The molecule has 0 aromatic rings. The van der Waals surface area contributed by atoms with Crippen LogP contribution in [0.2, 0.25) is 0 Å². The molecule has 0 aromatic heterocycles. The molecule has 3 heteroatoms. The van der Waals surface area contributed by atoms with E-state index >= 15 is 0 Å². The van der Waals surface area contributed by atoms with E-state index in [0.29, 0.717) is 6.42 Å². The van der Waals surface area contributed by atoms with Crippen molar-refractivity contribution < 1.29 is 9.84 Å². The summed E-state index contributed by atoms with van der Waals surface area (Å²) in [5.74, 6) is 0. The standard InChI is InChI=1S/C4H10O.C3H9NO/c1-3-5-4-2;1-2-3(4)5/h3-4H2,1-2H3;3,5H,2,4H2,1H3. The first-order valence-corrected chi connectivity index (χ1v) is 3.70. The normalized spacial score (nSPS) is 11.7. The van der Waals surface area contributed by atoms with Crippen molar-refractivity contribution in [3.05, 3.63) is 0 Å². The van der Waals surface area contributed by atoms with Crippen molar-refractivity contribution in [1.82, 2.24) is 0 Å². The average molecular weight is 149 g/mol. The fourth-order valence-corrected chi connectivity index (χ4v) is 0.204. The summed E-state index contributed by atoms with van der Waals surface area (Å²) in [6.45, 7) is 7.49. The molecule has 10 heavy (non-hydrogen) atoms. The highest BCUT2D eigenvalue weighted by molar-refractivity contribution is 4.31. The molecule has 0 heterocycles. The topological polar surface area (TPSA) is 55.5 Å². The minimum atomic E-state index is -0.616. The van der Waals surface area contributed by atoms with Gasteiger partial charge in [-0.15, -0.1) is 0 Å². The molecule has 0 aliphatic carbocycles. The SMILES string of the molecule is CCC(N)O.CCOCC. The third-order valence-electron chi connectivity index (χ3n) is 0.827. The van der Waals surface area contributed by atoms with Crippen LogP contribution in [0, 0.1) is 0 Å². The molecular formula is C7H19NO2. The highest BCUT2D eigenvalue weighted by atomic mass is 16.5. The molecule has 1 atom stereocenters. The van der Waals surface area contributed by atoms with Crippen LogP contribution in [0.1, 0.15) is 27.2 Å². The fraction of sp³-hybridized carbons (Fsp3) is 1.00. The first kappa shape index (κ1) is 12.5. The zero-order valence-corrected chi connectivity index (χ0v) is 7.13. The molecule has 0 aliphatic heterocycles. The lowest BCUT2D eigenvalue weighted by atomic mass is 10.5. The number of aliphatic hydroxyl groups excluding tert-OH is 1. The third-order valence-corrected chi connectivity index (χ3v) is 0.827. The van der Waals surface area contributed by atoms with Crippen LogP contribution in [0.15, 0.2) is 0 Å². The highest BCUT2D eigenvalue weighted by Gasteiger charge is 1.81. The van der Waals surface area contributed by atoms with E-state index in [-0.39, 0.29) is 0 Å². The Labute approximate surface area is 63.2 Å². The summed E-state index contributed by atoms with van der Waals surface area (Å²) in [5.41, 5.74) is 4.85. The molecule has 0 saturated carbocycles. The molecule has 3 nitrogen and oxygen atoms in total. The summed E-state index contributed by atoms with van der Waals surface area (Å²) in [6.07, 6.45) is 0.0231. The highest BCUT2D eigenvalue weighted by Crippen LogP contribution is 1.72. The van der Waals surface area contributed by atoms with Crippen LogP contribution in [0.25, 0.3) is 0 Å². The van der Waals surface area contributed by atoms with E-state index in [1.807, 2.05) is 20.8 Å². The Hall–Kier alpha value is -0.120. The van der Waals surface area contributed by atoms with E-state index < -0.39 is 6.23 Å². The maximum absolute atomic E-state index is 8.14. The molecule has 0 spiro atoms. The van der Waals surface area contributed by atoms with Crippen LogP contribution < -0.4 is 5.73 Å². The van der Waals surface area contributed by atoms with E-state index in [2.05, 4.69) is 0 Å². The van der Waals surface area contributed by atoms with E-state index in [1.54, 1.807) is 0 Å². The Bertz CT molecular complexity index is 46.9. The van der Waals surface area contributed by atoms with Gasteiger partial charge in [0.1, 0.15) is 6.23 Å². The predicted octanol–water partition coefficient (Wildman–Crippen LogP) is 0.716. The molecule has 0 radical (unpaired) electrons. The van der Waals surface area contributed by atoms with Crippen molar-refractivity contribution in [2.75, 3.05) is 13.2 Å². The van der Waals surface area contributed by atoms with Crippen molar-refractivity contribution in [2.45, 2.75) is 33.4 Å². The van der Waals surface area contributed by atoms with E-state index in [0.717, 1.165) is 13.2 Å². The Morgan fingerprint density at radius 2 is 1.60 bits per heavy atom. The van der Waals surface area contributed by atoms with E-state index in [9.17, 15) is 0 Å². The predicted molar refractivity (Wildman–Crippen MR) is 42.7 cm³/mol. The third kappa shape index (κ3) is 24.8. The molecule has 0 rings (SSSR count). The first-order valence-electron chi connectivity index (χ1n) is 3.70. The van der Waals surface area contributed by atoms with Gasteiger partial charge in [0.05, 0.1) is 0 Å². The lowest BCUT2D eigenvalue weighted by Crippen LogP contribution is -2.16. The van der Waals surface area contributed by atoms with Gasteiger partial charge in [-0.3, -0.25) is 0 Å². The van der Waals surface area contributed by atoms with E-state index in [1.165, 1.54) is 0 Å². The van der Waals surface area contributed by atoms with Crippen LogP contribution in [0.5, 0.6) is 0 Å². The summed E-state index contributed by atoms with van der Waals surface area (Å²) < 4.78 is 4.83. The smallest absolute Gasteiger partial charge is 0.102 e. The van der Waals surface area contributed by atoms with Crippen molar-refractivity contribution >= 4 is 0 Å². The zero-order valence-electron chi connectivity index (χ0n) is 7.13. The molecule has 1 unspecified atom stereocenters. The second-order valence-corrected chi connectivity index (χ2v) is 1.76. The van der Waals surface area contributed by atoms with Crippen LogP contribution >= 0.6 is 0 Å². The van der Waals surface area contributed by atoms with Crippen molar-refractivity contribution in [3.63, 3.8) is 0 Å². The lowest BCUT2D eigenvalue weighted by molar-refractivity contribution is 0.162. The maximum atomic E-state index is 8.14. The molecule has 0 fully saturated rings. The van der Waals surface area contributed by atoms with Gasteiger partial charge in [-0.25, -0.2) is 0 Å². The lowest BCUT2D eigenvalue weighted by Gasteiger charge is -1.91. The van der Waals surface area contributed by atoms with Crippen LogP contribution in [0.4, 0.5) is 0 Å². The molecular weight excluding hydrogens is 130 g/mol. The monoisotopic (exact) mass is 149 g/mol. The van der Waals surface area contributed by atoms with Gasteiger partial charge in [0.2, 0.25) is 0 Å². The van der Waals surface area contributed by atoms with Gasteiger partial charge in [0, 0.05) is 13.2 Å². The molecule has 0 saturated heterocycles. The van der Waals surface area contributed by atoms with E-state index in [4.69, 9.17) is 15.6 Å². The van der Waals surface area contributed by atoms with Gasteiger partial charge in [-0.05, 0) is 20.3 Å². The minimum absolute atomic E-state index is 0.616. The summed E-state index contributed by atoms with van der Waals surface area (Å²) in [5, 5.41) is 8.14. The van der Waals surface area contributed by atoms with Gasteiger partial charge >= 0.3 is 0 Å². The van der Waals surface area contributed by atoms with Gasteiger partial charge in [0.15, 0.2) is 0 Å². The number of hydrogen-bond acceptors (Lipinski definition) is 3. The quantitative estimate of drug-likeness (QED) is 0.581. The van der Waals surface area contributed by atoms with Crippen LogP contribution in [-0.2, 0) is 4.74 Å². The Morgan fingerprint density at radius 1 is 1.30 bits per heavy atom. The van der Waals surface area contributed by atoms with Gasteiger partial charge in [-0.1, -0.05) is 6.92 Å². The molecule has 0 bridgehead atoms. The molecule has 3 N–H and O–H groups in total. The fourth-order valence-electron chi connectivity index (χ4n) is 0.204. The Balaban J connectivity index is 0. The first-order chi connectivity index (χ1) is 4.68. The molecule has 0 amide bonds. The Morgan fingerprint density at radius 3 is 1.60 bits per heavy atom. The average Bonchev–Trinajstić information content (AvgIpc) is 1.91. The number of nitrogens with two attached hydrogens (primary N) is 1. The second-order valence-electron chi connectivity index (χ2n) is 1.76. The zero-order chi connectivity index (χ0) is 8.41. The number of ether oxygens (including phenoxy) is 1. The summed E-state index contributed by atoms with van der Waals surface area (Å²) >= 11 is 0. The van der Waals surface area contributed by atoms with Crippen molar-refractivity contribution in [2.24, 2.45) is 5.73 Å². The molecule has 0 aliphatic rings. The summed E-state index contributed by atoms with van der Waals surface area (Å²) in [6, 6.07) is 0. The molecule has 64 valence electrons. The van der Waals surface area contributed by atoms with Crippen molar-refractivity contribution in [1.29, 1.82) is 0 Å². The summed E-state index contributed by atoms with van der Waals surface area (Å²) in [7, 11) is 0. The van der Waals surface area contributed by atoms with Crippen molar-refractivity contribution in [3.8, 4) is 0 Å². The molecule has 0 aromatic carbocycles. The minimum Gasteiger partial charge on any atom is -0.382 e. The van der Waals surface area contributed by atoms with Crippen LogP contribution in [-0.4, -0.2) is 24.5 Å². The van der Waals surface area contributed by atoms with Crippen LogP contribution in [0.3, 0.4) is 0 Å². The maximum Gasteiger partial charge on any atom is 0.102 e.